The molecule has 0 radical (unpaired) electrons. The summed E-state index contributed by atoms with van der Waals surface area (Å²) in [7, 11) is 0. The summed E-state index contributed by atoms with van der Waals surface area (Å²) in [5, 5.41) is 18.9. The van der Waals surface area contributed by atoms with Gasteiger partial charge in [-0.2, -0.15) is 0 Å². The van der Waals surface area contributed by atoms with Gasteiger partial charge in [0.2, 0.25) is 0 Å². The molecule has 4 N–H and O–H groups in total. The molecule has 1 atom stereocenters. The molecule has 1 aliphatic carbocycles. The van der Waals surface area contributed by atoms with E-state index in [0.29, 0.717) is 0 Å². The van der Waals surface area contributed by atoms with Gasteiger partial charge in [-0.1, -0.05) is 23.8 Å². The number of aryl methyl sites for hydroxylation is 2. The molecule has 1 aromatic rings. The first kappa shape index (κ1) is 13.5. The molecule has 0 aromatic heterocycles. The zero-order valence-corrected chi connectivity index (χ0v) is 11.0. The summed E-state index contributed by atoms with van der Waals surface area (Å²) in [4.78, 5) is 0. The normalized spacial score (nSPS) is 20.3. The summed E-state index contributed by atoms with van der Waals surface area (Å²) in [6, 6.07) is 6.53. The minimum atomic E-state index is -0.855. The summed E-state index contributed by atoms with van der Waals surface area (Å²) in [6.45, 7) is 1.79. The van der Waals surface area contributed by atoms with Crippen LogP contribution in [0.2, 0.25) is 0 Å². The van der Waals surface area contributed by atoms with Crippen LogP contribution in [0.4, 0.5) is 0 Å². The van der Waals surface area contributed by atoms with Crippen molar-refractivity contribution in [2.45, 2.75) is 38.1 Å². The summed E-state index contributed by atoms with van der Waals surface area (Å²) >= 11 is 0. The van der Waals surface area contributed by atoms with Crippen LogP contribution >= 0.6 is 0 Å². The molecule has 18 heavy (non-hydrogen) atoms. The third kappa shape index (κ3) is 2.58. The maximum atomic E-state index is 9.44. The maximum absolute atomic E-state index is 9.44. The number of nitrogens with two attached hydrogens (primary N) is 1. The third-order valence-corrected chi connectivity index (χ3v) is 4.23. The van der Waals surface area contributed by atoms with Crippen molar-refractivity contribution in [1.82, 2.24) is 0 Å². The van der Waals surface area contributed by atoms with Gasteiger partial charge in [0.15, 0.2) is 0 Å². The van der Waals surface area contributed by atoms with Crippen LogP contribution in [0.15, 0.2) is 18.2 Å². The fraction of sp³-hybridized carbons (Fsp3) is 0.600. The SMILES string of the molecule is Cc1ccc2c(c1)CCCC(C(N)(CO)CO)C2. The molecule has 1 unspecified atom stereocenters. The lowest BCUT2D eigenvalue weighted by Crippen LogP contribution is -2.54. The highest BCUT2D eigenvalue weighted by Gasteiger charge is 2.35. The zero-order valence-electron chi connectivity index (χ0n) is 11.0. The second-order valence-electron chi connectivity index (χ2n) is 5.61. The quantitative estimate of drug-likeness (QED) is 0.705. The van der Waals surface area contributed by atoms with E-state index < -0.39 is 5.54 Å². The number of rotatable bonds is 3. The van der Waals surface area contributed by atoms with Crippen LogP contribution in [0.5, 0.6) is 0 Å². The monoisotopic (exact) mass is 249 g/mol. The Morgan fingerprint density at radius 1 is 1.28 bits per heavy atom. The lowest BCUT2D eigenvalue weighted by molar-refractivity contribution is 0.0713. The van der Waals surface area contributed by atoms with Crippen LogP contribution in [0, 0.1) is 12.8 Å². The van der Waals surface area contributed by atoms with Crippen molar-refractivity contribution < 1.29 is 10.2 Å². The molecule has 0 saturated carbocycles. The Hall–Kier alpha value is -0.900. The molecule has 0 saturated heterocycles. The number of hydrogen-bond donors (Lipinski definition) is 3. The maximum Gasteiger partial charge on any atom is 0.0654 e. The van der Waals surface area contributed by atoms with Gasteiger partial charge in [-0.3, -0.25) is 0 Å². The fourth-order valence-electron chi connectivity index (χ4n) is 2.89. The van der Waals surface area contributed by atoms with E-state index in [0.717, 1.165) is 25.7 Å². The summed E-state index contributed by atoms with van der Waals surface area (Å²) in [6.07, 6.45) is 3.96. The highest BCUT2D eigenvalue weighted by Crippen LogP contribution is 2.30. The Morgan fingerprint density at radius 2 is 2.00 bits per heavy atom. The Balaban J connectivity index is 2.26. The second-order valence-corrected chi connectivity index (χ2v) is 5.61. The van der Waals surface area contributed by atoms with E-state index in [-0.39, 0.29) is 19.1 Å². The van der Waals surface area contributed by atoms with E-state index in [1.165, 1.54) is 16.7 Å². The van der Waals surface area contributed by atoms with Gasteiger partial charge >= 0.3 is 0 Å². The van der Waals surface area contributed by atoms with Gasteiger partial charge in [0, 0.05) is 0 Å². The molecule has 0 fully saturated rings. The van der Waals surface area contributed by atoms with E-state index in [9.17, 15) is 10.2 Å². The molecular formula is C15H23NO2. The molecule has 0 amide bonds. The fourth-order valence-corrected chi connectivity index (χ4v) is 2.89. The molecule has 2 rings (SSSR count). The second kappa shape index (κ2) is 5.39. The first-order chi connectivity index (χ1) is 8.59. The molecule has 0 aliphatic heterocycles. The number of benzene rings is 1. The van der Waals surface area contributed by atoms with Gasteiger partial charge in [0.25, 0.3) is 0 Å². The zero-order chi connectivity index (χ0) is 13.2. The van der Waals surface area contributed by atoms with Crippen molar-refractivity contribution in [3.05, 3.63) is 34.9 Å². The molecular weight excluding hydrogens is 226 g/mol. The van der Waals surface area contributed by atoms with E-state index in [1.807, 2.05) is 0 Å². The average molecular weight is 249 g/mol. The number of aliphatic hydroxyl groups excluding tert-OH is 2. The van der Waals surface area contributed by atoms with Gasteiger partial charge in [-0.15, -0.1) is 0 Å². The average Bonchev–Trinajstić information content (AvgIpc) is 2.59. The molecule has 1 aliphatic rings. The molecule has 0 bridgehead atoms. The van der Waals surface area contributed by atoms with Crippen LogP contribution in [0.3, 0.4) is 0 Å². The topological polar surface area (TPSA) is 66.5 Å². The first-order valence-electron chi connectivity index (χ1n) is 6.68. The van der Waals surface area contributed by atoms with Crippen molar-refractivity contribution in [3.8, 4) is 0 Å². The first-order valence-corrected chi connectivity index (χ1v) is 6.68. The highest BCUT2D eigenvalue weighted by atomic mass is 16.3. The van der Waals surface area contributed by atoms with Gasteiger partial charge in [-0.25, -0.2) is 0 Å². The Kier molecular flexibility index (Phi) is 4.05. The van der Waals surface area contributed by atoms with Crippen LogP contribution in [0.25, 0.3) is 0 Å². The number of hydrogen-bond acceptors (Lipinski definition) is 3. The Bertz CT molecular complexity index is 413. The summed E-state index contributed by atoms with van der Waals surface area (Å²) in [5.74, 6) is 0.149. The standard InChI is InChI=1S/C15H23NO2/c1-11-5-6-13-8-14(15(16,9-17)10-18)4-2-3-12(13)7-11/h5-7,14,17-18H,2-4,8-10,16H2,1H3. The van der Waals surface area contributed by atoms with E-state index >= 15 is 0 Å². The minimum absolute atomic E-state index is 0.149. The molecule has 100 valence electrons. The summed E-state index contributed by atoms with van der Waals surface area (Å²) in [5.41, 5.74) is 9.28. The molecule has 0 heterocycles. The van der Waals surface area contributed by atoms with Gasteiger partial charge in [0.05, 0.1) is 18.8 Å². The van der Waals surface area contributed by atoms with E-state index in [4.69, 9.17) is 5.73 Å². The van der Waals surface area contributed by atoms with Crippen molar-refractivity contribution in [2.24, 2.45) is 11.7 Å². The van der Waals surface area contributed by atoms with Gasteiger partial charge in [0.1, 0.15) is 0 Å². The predicted molar refractivity (Wildman–Crippen MR) is 72.4 cm³/mol. The molecule has 3 nitrogen and oxygen atoms in total. The molecule has 3 heteroatoms. The molecule has 0 spiro atoms. The van der Waals surface area contributed by atoms with Crippen molar-refractivity contribution in [2.75, 3.05) is 13.2 Å². The molecule has 1 aromatic carbocycles. The summed E-state index contributed by atoms with van der Waals surface area (Å²) < 4.78 is 0. The van der Waals surface area contributed by atoms with Crippen molar-refractivity contribution >= 4 is 0 Å². The Labute approximate surface area is 109 Å². The highest BCUT2D eigenvalue weighted by molar-refractivity contribution is 5.33. The van der Waals surface area contributed by atoms with Gasteiger partial charge in [-0.05, 0) is 49.7 Å². The van der Waals surface area contributed by atoms with Crippen LogP contribution in [-0.2, 0) is 12.8 Å². The van der Waals surface area contributed by atoms with Crippen molar-refractivity contribution in [1.29, 1.82) is 0 Å². The largest absolute Gasteiger partial charge is 0.394 e. The van der Waals surface area contributed by atoms with Gasteiger partial charge < -0.3 is 15.9 Å². The number of fused-ring (bicyclic) bond motifs is 1. The smallest absolute Gasteiger partial charge is 0.0654 e. The third-order valence-electron chi connectivity index (χ3n) is 4.23. The van der Waals surface area contributed by atoms with Crippen LogP contribution in [-0.4, -0.2) is 29.0 Å². The van der Waals surface area contributed by atoms with Crippen molar-refractivity contribution in [3.63, 3.8) is 0 Å². The Morgan fingerprint density at radius 3 is 2.67 bits per heavy atom. The van der Waals surface area contributed by atoms with Crippen LogP contribution < -0.4 is 5.73 Å². The minimum Gasteiger partial charge on any atom is -0.394 e. The van der Waals surface area contributed by atoms with E-state index in [2.05, 4.69) is 25.1 Å². The predicted octanol–water partition coefficient (Wildman–Crippen LogP) is 1.17. The van der Waals surface area contributed by atoms with E-state index in [1.54, 1.807) is 0 Å². The number of aliphatic hydroxyl groups is 2. The lowest BCUT2D eigenvalue weighted by Gasteiger charge is -2.34. The van der Waals surface area contributed by atoms with Crippen LogP contribution in [0.1, 0.15) is 29.5 Å². The lowest BCUT2D eigenvalue weighted by atomic mass is 9.80.